The van der Waals surface area contributed by atoms with Gasteiger partial charge in [-0.05, 0) is 52.3 Å². The van der Waals surface area contributed by atoms with Gasteiger partial charge in [0.25, 0.3) is 5.91 Å². The van der Waals surface area contributed by atoms with Crippen molar-refractivity contribution in [2.24, 2.45) is 0 Å². The molecule has 9 heteroatoms. The predicted octanol–water partition coefficient (Wildman–Crippen LogP) is 3.08. The summed E-state index contributed by atoms with van der Waals surface area (Å²) in [4.78, 5) is 20.0. The number of hydrogen-bond donors (Lipinski definition) is 0. The maximum atomic E-state index is 13.4. The first-order chi connectivity index (χ1) is 15.1. The zero-order valence-corrected chi connectivity index (χ0v) is 20.0. The van der Waals surface area contributed by atoms with E-state index in [1.807, 2.05) is 51.4 Å². The number of carbonyl (C=O) groups is 1. The average Bonchev–Trinajstić information content (AvgIpc) is 3.16. The molecule has 3 aromatic rings. The van der Waals surface area contributed by atoms with Gasteiger partial charge in [-0.2, -0.15) is 9.40 Å². The van der Waals surface area contributed by atoms with E-state index in [1.54, 1.807) is 23.2 Å². The smallest absolute Gasteiger partial charge is 0.254 e. The zero-order valence-electron chi connectivity index (χ0n) is 19.2. The molecule has 4 rings (SSSR count). The fourth-order valence-corrected chi connectivity index (χ4v) is 5.86. The highest BCUT2D eigenvalue weighted by atomic mass is 32.2. The van der Waals surface area contributed by atoms with Gasteiger partial charge in [-0.1, -0.05) is 17.7 Å². The molecular weight excluding hydrogens is 426 g/mol. The number of carbonyl (C=O) groups excluding carboxylic acids is 1. The third kappa shape index (κ3) is 3.91. The van der Waals surface area contributed by atoms with Crippen molar-refractivity contribution in [2.45, 2.75) is 45.6 Å². The molecule has 1 amide bonds. The third-order valence-corrected chi connectivity index (χ3v) is 7.95. The fraction of sp³-hybridized carbons (Fsp3) is 0.435. The molecule has 1 fully saturated rings. The second-order valence-electron chi connectivity index (χ2n) is 8.70. The average molecular weight is 456 g/mol. The van der Waals surface area contributed by atoms with Crippen LogP contribution in [0.1, 0.15) is 47.1 Å². The van der Waals surface area contributed by atoms with Gasteiger partial charge in [0.1, 0.15) is 0 Å². The molecule has 0 aliphatic carbocycles. The number of hydrogen-bond acceptors (Lipinski definition) is 5. The van der Waals surface area contributed by atoms with Crippen molar-refractivity contribution in [3.63, 3.8) is 0 Å². The van der Waals surface area contributed by atoms with Crippen molar-refractivity contribution in [3.05, 3.63) is 52.8 Å². The van der Waals surface area contributed by atoms with E-state index in [0.717, 1.165) is 22.2 Å². The summed E-state index contributed by atoms with van der Waals surface area (Å²) < 4.78 is 29.6. The van der Waals surface area contributed by atoms with Crippen LogP contribution in [0.15, 0.2) is 35.4 Å². The van der Waals surface area contributed by atoms with Gasteiger partial charge in [-0.3, -0.25) is 4.79 Å². The van der Waals surface area contributed by atoms with Gasteiger partial charge >= 0.3 is 0 Å². The molecule has 0 unspecified atom stereocenters. The lowest BCUT2D eigenvalue weighted by atomic mass is 10.1. The number of aryl methyl sites for hydroxylation is 3. The molecule has 1 saturated heterocycles. The Balaban J connectivity index is 1.56. The van der Waals surface area contributed by atoms with E-state index < -0.39 is 10.0 Å². The Bertz CT molecular complexity index is 1290. The maximum absolute atomic E-state index is 13.4. The summed E-state index contributed by atoms with van der Waals surface area (Å²) >= 11 is 0. The largest absolute Gasteiger partial charge is 0.336 e. The molecule has 0 radical (unpaired) electrons. The van der Waals surface area contributed by atoms with Crippen molar-refractivity contribution >= 4 is 27.0 Å². The summed E-state index contributed by atoms with van der Waals surface area (Å²) in [6, 6.07) is 7.27. The fourth-order valence-electron chi connectivity index (χ4n) is 4.23. The van der Waals surface area contributed by atoms with Crippen LogP contribution in [-0.2, 0) is 10.0 Å². The number of pyridine rings is 1. The van der Waals surface area contributed by atoms with E-state index in [9.17, 15) is 13.2 Å². The summed E-state index contributed by atoms with van der Waals surface area (Å²) in [6.07, 6.45) is 1.69. The molecule has 0 bridgehead atoms. The lowest BCUT2D eigenvalue weighted by Crippen LogP contribution is -2.50. The number of rotatable bonds is 4. The second-order valence-corrected chi connectivity index (χ2v) is 10.6. The zero-order chi connectivity index (χ0) is 23.2. The minimum absolute atomic E-state index is 0.118. The Hall–Kier alpha value is -2.78. The van der Waals surface area contributed by atoms with Crippen LogP contribution < -0.4 is 0 Å². The Morgan fingerprint density at radius 2 is 1.72 bits per heavy atom. The topological polar surface area (TPSA) is 88.4 Å². The summed E-state index contributed by atoms with van der Waals surface area (Å²) in [5.41, 5.74) is 3.76. The number of amides is 1. The van der Waals surface area contributed by atoms with Crippen molar-refractivity contribution in [2.75, 3.05) is 26.2 Å². The van der Waals surface area contributed by atoms with E-state index in [-0.39, 0.29) is 25.0 Å². The van der Waals surface area contributed by atoms with E-state index >= 15 is 0 Å². The number of piperazine rings is 1. The van der Waals surface area contributed by atoms with Gasteiger partial charge in [0.05, 0.1) is 22.0 Å². The van der Waals surface area contributed by atoms with Crippen LogP contribution in [-0.4, -0.2) is 64.5 Å². The quantitative estimate of drug-likeness (QED) is 0.603. The first-order valence-corrected chi connectivity index (χ1v) is 12.2. The Labute approximate surface area is 188 Å². The van der Waals surface area contributed by atoms with Crippen LogP contribution in [0.4, 0.5) is 0 Å². The van der Waals surface area contributed by atoms with Gasteiger partial charge in [-0.25, -0.2) is 18.1 Å². The molecule has 8 nitrogen and oxygen atoms in total. The molecule has 170 valence electrons. The van der Waals surface area contributed by atoms with Gasteiger partial charge in [0, 0.05) is 37.9 Å². The predicted molar refractivity (Wildman–Crippen MR) is 123 cm³/mol. The molecule has 0 N–H and O–H groups in total. The Morgan fingerprint density at radius 1 is 1.03 bits per heavy atom. The molecule has 0 saturated carbocycles. The Kier molecular flexibility index (Phi) is 5.81. The number of aromatic nitrogens is 3. The molecule has 3 heterocycles. The second kappa shape index (κ2) is 8.29. The van der Waals surface area contributed by atoms with E-state index in [4.69, 9.17) is 0 Å². The molecule has 1 aliphatic rings. The Morgan fingerprint density at radius 3 is 2.34 bits per heavy atom. The van der Waals surface area contributed by atoms with Crippen LogP contribution in [0.5, 0.6) is 0 Å². The van der Waals surface area contributed by atoms with Crippen molar-refractivity contribution in [1.29, 1.82) is 0 Å². The summed E-state index contributed by atoms with van der Waals surface area (Å²) in [5, 5.41) is 5.13. The maximum Gasteiger partial charge on any atom is 0.254 e. The van der Waals surface area contributed by atoms with Gasteiger partial charge in [0.2, 0.25) is 10.0 Å². The van der Waals surface area contributed by atoms with Crippen LogP contribution in [0.2, 0.25) is 0 Å². The minimum Gasteiger partial charge on any atom is -0.336 e. The van der Waals surface area contributed by atoms with Crippen LogP contribution in [0.25, 0.3) is 11.0 Å². The molecular formula is C23H29N5O3S. The van der Waals surface area contributed by atoms with Crippen LogP contribution >= 0.6 is 0 Å². The molecule has 0 atom stereocenters. The molecule has 0 spiro atoms. The number of benzene rings is 1. The molecule has 1 aliphatic heterocycles. The molecule has 1 aromatic carbocycles. The first-order valence-electron chi connectivity index (χ1n) is 10.8. The SMILES string of the molecule is Cc1ccc(S(=O)(=O)N2CCN(C(=O)c3cc(C)nc4c3cnn4C(C)C)CC2)c(C)c1. The molecule has 2 aromatic heterocycles. The van der Waals surface area contributed by atoms with Gasteiger partial charge in [-0.15, -0.1) is 0 Å². The summed E-state index contributed by atoms with van der Waals surface area (Å²) in [6.45, 7) is 10.9. The van der Waals surface area contributed by atoms with E-state index in [0.29, 0.717) is 29.2 Å². The number of nitrogens with zero attached hydrogens (tertiary/aromatic N) is 5. The highest BCUT2D eigenvalue weighted by Gasteiger charge is 2.32. The highest BCUT2D eigenvalue weighted by molar-refractivity contribution is 7.89. The van der Waals surface area contributed by atoms with E-state index in [2.05, 4.69) is 10.1 Å². The standard InChI is InChI=1S/C23H29N5O3S/c1-15(2)28-22-20(14-24-28)19(13-18(5)25-22)23(29)26-8-10-27(11-9-26)32(30,31)21-7-6-16(3)12-17(21)4/h6-7,12-15H,8-11H2,1-5H3. The van der Waals surface area contributed by atoms with Crippen molar-refractivity contribution in [1.82, 2.24) is 24.0 Å². The van der Waals surface area contributed by atoms with E-state index in [1.165, 1.54) is 4.31 Å². The lowest BCUT2D eigenvalue weighted by Gasteiger charge is -2.34. The van der Waals surface area contributed by atoms with Crippen LogP contribution in [0, 0.1) is 20.8 Å². The van der Waals surface area contributed by atoms with Gasteiger partial charge < -0.3 is 4.90 Å². The summed E-state index contributed by atoms with van der Waals surface area (Å²) in [7, 11) is -3.60. The highest BCUT2D eigenvalue weighted by Crippen LogP contribution is 2.25. The van der Waals surface area contributed by atoms with Crippen molar-refractivity contribution < 1.29 is 13.2 Å². The molecule has 32 heavy (non-hydrogen) atoms. The normalized spacial score (nSPS) is 15.6. The monoisotopic (exact) mass is 455 g/mol. The minimum atomic E-state index is -3.60. The number of fused-ring (bicyclic) bond motifs is 1. The number of sulfonamides is 1. The van der Waals surface area contributed by atoms with Crippen molar-refractivity contribution in [3.8, 4) is 0 Å². The third-order valence-electron chi connectivity index (χ3n) is 5.89. The summed E-state index contributed by atoms with van der Waals surface area (Å²) in [5.74, 6) is -0.118. The first kappa shape index (κ1) is 22.4. The lowest BCUT2D eigenvalue weighted by molar-refractivity contribution is 0.0699. The van der Waals surface area contributed by atoms with Crippen LogP contribution in [0.3, 0.4) is 0 Å². The van der Waals surface area contributed by atoms with Gasteiger partial charge in [0.15, 0.2) is 5.65 Å².